The normalized spacial score (nSPS) is 13.4. The molecule has 142 valence electrons. The van der Waals surface area contributed by atoms with Gasteiger partial charge in [0.1, 0.15) is 0 Å². The first-order chi connectivity index (χ1) is 11.6. The SMILES string of the molecule is CCNC(=NCC(C)(C)c1ccc2c(c1)OCO2)NCCCOC.I. The second-order valence-electron chi connectivity index (χ2n) is 6.42. The zero-order valence-corrected chi connectivity index (χ0v) is 17.9. The van der Waals surface area contributed by atoms with Crippen molar-refractivity contribution >= 4 is 29.9 Å². The van der Waals surface area contributed by atoms with Crippen LogP contribution in [0.2, 0.25) is 0 Å². The van der Waals surface area contributed by atoms with Gasteiger partial charge in [0.25, 0.3) is 0 Å². The summed E-state index contributed by atoms with van der Waals surface area (Å²) >= 11 is 0. The molecule has 1 aromatic rings. The van der Waals surface area contributed by atoms with Crippen molar-refractivity contribution in [1.29, 1.82) is 0 Å². The van der Waals surface area contributed by atoms with Crippen LogP contribution in [0.3, 0.4) is 0 Å². The molecular weight excluding hydrogens is 433 g/mol. The Kier molecular flexibility index (Phi) is 9.34. The largest absolute Gasteiger partial charge is 0.454 e. The van der Waals surface area contributed by atoms with Gasteiger partial charge < -0.3 is 24.8 Å². The van der Waals surface area contributed by atoms with Crippen LogP contribution in [0.15, 0.2) is 23.2 Å². The van der Waals surface area contributed by atoms with Gasteiger partial charge in [0.15, 0.2) is 17.5 Å². The zero-order valence-electron chi connectivity index (χ0n) is 15.6. The van der Waals surface area contributed by atoms with Gasteiger partial charge in [-0.25, -0.2) is 0 Å². The molecule has 1 aliphatic rings. The number of methoxy groups -OCH3 is 1. The highest BCUT2D eigenvalue weighted by Crippen LogP contribution is 2.36. The van der Waals surface area contributed by atoms with E-state index in [2.05, 4.69) is 43.5 Å². The van der Waals surface area contributed by atoms with E-state index in [1.54, 1.807) is 7.11 Å². The van der Waals surface area contributed by atoms with Crippen LogP contribution in [0.1, 0.15) is 32.8 Å². The molecular formula is C18H30IN3O3. The molecule has 0 aromatic heterocycles. The number of nitrogens with zero attached hydrogens (tertiary/aromatic N) is 1. The fraction of sp³-hybridized carbons (Fsp3) is 0.611. The summed E-state index contributed by atoms with van der Waals surface area (Å²) in [6.07, 6.45) is 0.951. The van der Waals surface area contributed by atoms with Crippen LogP contribution < -0.4 is 20.1 Å². The highest BCUT2D eigenvalue weighted by Gasteiger charge is 2.24. The number of benzene rings is 1. The molecule has 0 fully saturated rings. The number of hydrogen-bond acceptors (Lipinski definition) is 4. The lowest BCUT2D eigenvalue weighted by Crippen LogP contribution is -2.39. The van der Waals surface area contributed by atoms with E-state index in [0.29, 0.717) is 13.3 Å². The van der Waals surface area contributed by atoms with E-state index >= 15 is 0 Å². The van der Waals surface area contributed by atoms with E-state index in [4.69, 9.17) is 19.2 Å². The van der Waals surface area contributed by atoms with Gasteiger partial charge in [0.05, 0.1) is 6.54 Å². The molecule has 0 spiro atoms. The third-order valence-electron chi connectivity index (χ3n) is 3.95. The summed E-state index contributed by atoms with van der Waals surface area (Å²) in [6, 6.07) is 6.11. The highest BCUT2D eigenvalue weighted by atomic mass is 127. The number of fused-ring (bicyclic) bond motifs is 1. The molecule has 0 saturated heterocycles. The van der Waals surface area contributed by atoms with Crippen molar-refractivity contribution in [1.82, 2.24) is 10.6 Å². The lowest BCUT2D eigenvalue weighted by atomic mass is 9.84. The van der Waals surface area contributed by atoms with Gasteiger partial charge in [-0.15, -0.1) is 24.0 Å². The van der Waals surface area contributed by atoms with E-state index in [-0.39, 0.29) is 29.4 Å². The summed E-state index contributed by atoms with van der Waals surface area (Å²) in [4.78, 5) is 4.73. The number of nitrogens with one attached hydrogen (secondary N) is 2. The van der Waals surface area contributed by atoms with Crippen molar-refractivity contribution < 1.29 is 14.2 Å². The number of hydrogen-bond donors (Lipinski definition) is 2. The third kappa shape index (κ3) is 6.54. The van der Waals surface area contributed by atoms with Crippen molar-refractivity contribution in [2.45, 2.75) is 32.6 Å². The Balaban J connectivity index is 0.00000312. The van der Waals surface area contributed by atoms with Crippen LogP contribution in [0.5, 0.6) is 11.5 Å². The molecule has 1 heterocycles. The monoisotopic (exact) mass is 463 g/mol. The summed E-state index contributed by atoms with van der Waals surface area (Å²) in [5.41, 5.74) is 1.08. The molecule has 1 aromatic carbocycles. The molecule has 0 atom stereocenters. The van der Waals surface area contributed by atoms with Gasteiger partial charge in [-0.1, -0.05) is 19.9 Å². The fourth-order valence-corrected chi connectivity index (χ4v) is 2.45. The Hall–Kier alpha value is -1.22. The summed E-state index contributed by atoms with van der Waals surface area (Å²) in [5, 5.41) is 6.61. The van der Waals surface area contributed by atoms with Crippen molar-refractivity contribution in [3.63, 3.8) is 0 Å². The maximum Gasteiger partial charge on any atom is 0.231 e. The topological polar surface area (TPSA) is 64.1 Å². The van der Waals surface area contributed by atoms with Crippen LogP contribution in [0.4, 0.5) is 0 Å². The molecule has 0 bridgehead atoms. The average Bonchev–Trinajstić information content (AvgIpc) is 3.04. The van der Waals surface area contributed by atoms with Gasteiger partial charge in [-0.05, 0) is 31.0 Å². The Bertz CT molecular complexity index is 564. The number of halogens is 1. The Labute approximate surface area is 167 Å². The quantitative estimate of drug-likeness (QED) is 0.269. The van der Waals surface area contributed by atoms with Gasteiger partial charge in [-0.2, -0.15) is 0 Å². The Morgan fingerprint density at radius 2 is 2.00 bits per heavy atom. The smallest absolute Gasteiger partial charge is 0.231 e. The molecule has 2 rings (SSSR count). The standard InChI is InChI=1S/C18H29N3O3.HI/c1-5-19-17(20-9-6-10-22-4)21-12-18(2,3)14-7-8-15-16(11-14)24-13-23-15;/h7-8,11H,5-6,9-10,12-13H2,1-4H3,(H2,19,20,21);1H. The summed E-state index contributed by atoms with van der Waals surface area (Å²) in [6.45, 7) is 9.82. The predicted octanol–water partition coefficient (Wildman–Crippen LogP) is 2.90. The molecule has 6 nitrogen and oxygen atoms in total. The van der Waals surface area contributed by atoms with Crippen molar-refractivity contribution in [2.24, 2.45) is 4.99 Å². The molecule has 0 radical (unpaired) electrons. The van der Waals surface area contributed by atoms with Gasteiger partial charge in [0, 0.05) is 32.2 Å². The first-order valence-corrected chi connectivity index (χ1v) is 8.48. The van der Waals surface area contributed by atoms with E-state index < -0.39 is 0 Å². The molecule has 0 unspecified atom stereocenters. The molecule has 25 heavy (non-hydrogen) atoms. The van der Waals surface area contributed by atoms with E-state index in [0.717, 1.165) is 43.6 Å². The summed E-state index contributed by atoms with van der Waals surface area (Å²) in [7, 11) is 1.72. The number of rotatable bonds is 8. The molecule has 0 saturated carbocycles. The van der Waals surface area contributed by atoms with Crippen LogP contribution in [0, 0.1) is 0 Å². The predicted molar refractivity (Wildman–Crippen MR) is 111 cm³/mol. The average molecular weight is 463 g/mol. The van der Waals surface area contributed by atoms with Gasteiger partial charge >= 0.3 is 0 Å². The second-order valence-corrected chi connectivity index (χ2v) is 6.42. The third-order valence-corrected chi connectivity index (χ3v) is 3.95. The lowest BCUT2D eigenvalue weighted by molar-refractivity contribution is 0.174. The molecule has 1 aliphatic heterocycles. The van der Waals surface area contributed by atoms with Crippen molar-refractivity contribution in [2.75, 3.05) is 40.1 Å². The van der Waals surface area contributed by atoms with Crippen LogP contribution in [-0.4, -0.2) is 46.1 Å². The van der Waals surface area contributed by atoms with Crippen LogP contribution in [0.25, 0.3) is 0 Å². The Morgan fingerprint density at radius 1 is 1.24 bits per heavy atom. The number of aliphatic imine (C=N–C) groups is 1. The minimum Gasteiger partial charge on any atom is -0.454 e. The minimum absolute atomic E-state index is 0. The van der Waals surface area contributed by atoms with Crippen LogP contribution in [-0.2, 0) is 10.2 Å². The second kappa shape index (κ2) is 10.7. The fourth-order valence-electron chi connectivity index (χ4n) is 2.45. The molecule has 7 heteroatoms. The van der Waals surface area contributed by atoms with Gasteiger partial charge in [-0.3, -0.25) is 4.99 Å². The lowest BCUT2D eigenvalue weighted by Gasteiger charge is -2.24. The molecule has 0 aliphatic carbocycles. The van der Waals surface area contributed by atoms with Crippen molar-refractivity contribution in [3.05, 3.63) is 23.8 Å². The Morgan fingerprint density at radius 3 is 2.72 bits per heavy atom. The minimum atomic E-state index is -0.101. The zero-order chi connectivity index (χ0) is 17.4. The highest BCUT2D eigenvalue weighted by molar-refractivity contribution is 14.0. The van der Waals surface area contributed by atoms with E-state index in [1.165, 1.54) is 5.56 Å². The van der Waals surface area contributed by atoms with Crippen molar-refractivity contribution in [3.8, 4) is 11.5 Å². The van der Waals surface area contributed by atoms with E-state index in [9.17, 15) is 0 Å². The molecule has 2 N–H and O–H groups in total. The number of ether oxygens (including phenoxy) is 3. The van der Waals surface area contributed by atoms with Gasteiger partial charge in [0.2, 0.25) is 6.79 Å². The maximum absolute atomic E-state index is 5.48. The summed E-state index contributed by atoms with van der Waals surface area (Å²) in [5.74, 6) is 2.46. The first-order valence-electron chi connectivity index (χ1n) is 8.48. The van der Waals surface area contributed by atoms with Crippen LogP contribution >= 0.6 is 24.0 Å². The first kappa shape index (κ1) is 21.8. The maximum atomic E-state index is 5.48. The number of guanidine groups is 1. The molecule has 0 amide bonds. The summed E-state index contributed by atoms with van der Waals surface area (Å²) < 4.78 is 15.9. The van der Waals surface area contributed by atoms with E-state index in [1.807, 2.05) is 6.07 Å².